The molecule has 0 aliphatic carbocycles. The summed E-state index contributed by atoms with van der Waals surface area (Å²) in [7, 11) is -3.70. The summed E-state index contributed by atoms with van der Waals surface area (Å²) in [5.74, 6) is 0. The van der Waals surface area contributed by atoms with Crippen molar-refractivity contribution >= 4 is 32.3 Å². The summed E-state index contributed by atoms with van der Waals surface area (Å²) in [4.78, 5) is 2.51. The molecule has 96 valence electrons. The minimum Gasteiger partial charge on any atom is -0.0698 e. The van der Waals surface area contributed by atoms with E-state index < -0.39 is 32.3 Å². The molecule has 0 saturated carbocycles. The maximum absolute atomic E-state index is 2.72. The first-order chi connectivity index (χ1) is 6.73. The summed E-state index contributed by atoms with van der Waals surface area (Å²) >= 11 is 0. The van der Waals surface area contributed by atoms with Gasteiger partial charge in [-0.05, 0) is 0 Å². The zero-order valence-electron chi connectivity index (χ0n) is 13.2. The van der Waals surface area contributed by atoms with Crippen LogP contribution in [0.15, 0.2) is 0 Å². The van der Waals surface area contributed by atoms with E-state index in [1.54, 1.807) is 0 Å². The molecule has 0 unspecified atom stereocenters. The van der Waals surface area contributed by atoms with Crippen LogP contribution in [0.5, 0.6) is 0 Å². The molecule has 0 atom stereocenters. The molecule has 0 N–H and O–H groups in total. The summed E-state index contributed by atoms with van der Waals surface area (Å²) in [6.07, 6.45) is 0. The van der Waals surface area contributed by atoms with Crippen LogP contribution in [-0.2, 0) is 0 Å². The molecule has 0 aromatic heterocycles. The Morgan fingerprint density at radius 1 is 0.562 bits per heavy atom. The summed E-state index contributed by atoms with van der Waals surface area (Å²) < 4.78 is 0. The second-order valence-corrected chi connectivity index (χ2v) is 32.9. The van der Waals surface area contributed by atoms with Gasteiger partial charge in [0, 0.05) is 32.3 Å². The van der Waals surface area contributed by atoms with E-state index in [2.05, 4.69) is 65.5 Å². The van der Waals surface area contributed by atoms with Gasteiger partial charge < -0.3 is 0 Å². The van der Waals surface area contributed by atoms with Crippen molar-refractivity contribution in [3.8, 4) is 0 Å². The maximum atomic E-state index is 2.72. The molecule has 1 rings (SSSR count). The fourth-order valence-electron chi connectivity index (χ4n) is 6.62. The van der Waals surface area contributed by atoms with Crippen molar-refractivity contribution in [1.29, 1.82) is 0 Å². The highest BCUT2D eigenvalue weighted by molar-refractivity contribution is 7.32. The van der Waals surface area contributed by atoms with Gasteiger partial charge in [0.15, 0.2) is 0 Å². The normalized spacial score (nSPS) is 33.4. The van der Waals surface area contributed by atoms with E-state index in [9.17, 15) is 0 Å². The van der Waals surface area contributed by atoms with Crippen molar-refractivity contribution in [2.75, 3.05) is 0 Å². The fraction of sp³-hybridized carbons (Fsp3) is 1.00. The number of rotatable bonds is 2. The second kappa shape index (κ2) is 3.68. The summed E-state index contributed by atoms with van der Waals surface area (Å²) in [6.45, 7) is 26.6. The van der Waals surface area contributed by atoms with Crippen molar-refractivity contribution in [2.45, 2.75) is 75.0 Å². The van der Waals surface area contributed by atoms with Crippen LogP contribution in [0.25, 0.3) is 0 Å². The van der Waals surface area contributed by atoms with Crippen LogP contribution in [0.4, 0.5) is 0 Å². The first kappa shape index (κ1) is 14.9. The smallest absolute Gasteiger partial charge is 0.0430 e. The lowest BCUT2D eigenvalue weighted by Crippen LogP contribution is -2.79. The van der Waals surface area contributed by atoms with E-state index in [1.165, 1.54) is 9.58 Å². The third kappa shape index (κ3) is 2.10. The first-order valence-electron chi connectivity index (χ1n) is 6.73. The molecular weight excluding hydrogens is 256 g/mol. The van der Waals surface area contributed by atoms with Crippen molar-refractivity contribution in [1.82, 2.24) is 0 Å². The molecule has 0 nitrogen and oxygen atoms in total. The monoisotopic (exact) mass is 288 g/mol. The van der Waals surface area contributed by atoms with Crippen LogP contribution in [0.2, 0.25) is 75.0 Å². The Labute approximate surface area is 107 Å². The molecular formula is C12H32Si4. The average molecular weight is 289 g/mol. The van der Waals surface area contributed by atoms with Crippen LogP contribution >= 0.6 is 0 Å². The molecule has 1 fully saturated rings. The molecule has 1 heterocycles. The molecule has 1 aliphatic rings. The fourth-order valence-corrected chi connectivity index (χ4v) is 64.1. The van der Waals surface area contributed by atoms with Gasteiger partial charge in [0.25, 0.3) is 0 Å². The van der Waals surface area contributed by atoms with Crippen LogP contribution < -0.4 is 0 Å². The maximum Gasteiger partial charge on any atom is 0.0430 e. The Hall–Kier alpha value is 0.868. The van der Waals surface area contributed by atoms with Gasteiger partial charge in [0.2, 0.25) is 0 Å². The third-order valence-electron chi connectivity index (χ3n) is 4.71. The van der Waals surface area contributed by atoms with Crippen LogP contribution in [0.3, 0.4) is 0 Å². The number of hydrogen-bond donors (Lipinski definition) is 0. The second-order valence-electron chi connectivity index (χ2n) is 9.24. The summed E-state index contributed by atoms with van der Waals surface area (Å²) in [5, 5.41) is 0. The van der Waals surface area contributed by atoms with Crippen molar-refractivity contribution in [2.24, 2.45) is 0 Å². The van der Waals surface area contributed by atoms with Crippen molar-refractivity contribution < 1.29 is 0 Å². The molecule has 16 heavy (non-hydrogen) atoms. The first-order valence-corrected chi connectivity index (χ1v) is 20.2. The Morgan fingerprint density at radius 3 is 0.875 bits per heavy atom. The largest absolute Gasteiger partial charge is 0.0698 e. The zero-order valence-corrected chi connectivity index (χ0v) is 17.2. The molecule has 0 aromatic rings. The Bertz CT molecular complexity index is 238. The van der Waals surface area contributed by atoms with Crippen molar-refractivity contribution in [3.63, 3.8) is 0 Å². The Kier molecular flexibility index (Phi) is 3.43. The van der Waals surface area contributed by atoms with Gasteiger partial charge in [0.05, 0.1) is 0 Å². The predicted molar refractivity (Wildman–Crippen MR) is 89.2 cm³/mol. The Balaban J connectivity index is 3.15. The highest BCUT2D eigenvalue weighted by Crippen LogP contribution is 2.63. The molecule has 0 aromatic carbocycles. The van der Waals surface area contributed by atoms with Gasteiger partial charge in [-0.25, -0.2) is 0 Å². The molecule has 0 spiro atoms. The van der Waals surface area contributed by atoms with Gasteiger partial charge in [-0.15, -0.1) is 0 Å². The van der Waals surface area contributed by atoms with E-state index in [1.807, 2.05) is 0 Å². The van der Waals surface area contributed by atoms with Crippen LogP contribution in [0.1, 0.15) is 0 Å². The topological polar surface area (TPSA) is 0 Å². The van der Waals surface area contributed by atoms with Gasteiger partial charge in [-0.1, -0.05) is 75.0 Å². The molecule has 0 bridgehead atoms. The number of hydrogen-bond acceptors (Lipinski definition) is 0. The predicted octanol–water partition coefficient (Wildman–Crippen LogP) is 4.99. The minimum atomic E-state index is -0.931. The molecule has 4 heteroatoms. The lowest BCUT2D eigenvalue weighted by molar-refractivity contribution is 1.13. The molecule has 1 saturated heterocycles. The van der Waals surface area contributed by atoms with Crippen LogP contribution in [-0.4, -0.2) is 32.3 Å². The summed E-state index contributed by atoms with van der Waals surface area (Å²) in [5.41, 5.74) is 0. The lowest BCUT2D eigenvalue weighted by atomic mass is 11.6. The van der Waals surface area contributed by atoms with Crippen molar-refractivity contribution in [3.05, 3.63) is 0 Å². The van der Waals surface area contributed by atoms with E-state index >= 15 is 0 Å². The highest BCUT2D eigenvalue weighted by Gasteiger charge is 2.69. The van der Waals surface area contributed by atoms with E-state index in [-0.39, 0.29) is 0 Å². The standard InChI is InChI=1S/C12H32Si4/c1-13(2,3)11-15(7,8)12(14(4,5)6)16(11,9)10/h11-12H,1-10H3. The molecule has 0 amide bonds. The highest BCUT2D eigenvalue weighted by atomic mass is 28.5. The third-order valence-corrected chi connectivity index (χ3v) is 42.4. The average Bonchev–Trinajstić information content (AvgIpc) is 1.69. The zero-order chi connectivity index (χ0) is 13.2. The van der Waals surface area contributed by atoms with Crippen LogP contribution in [0, 0.1) is 0 Å². The van der Waals surface area contributed by atoms with E-state index in [0.29, 0.717) is 0 Å². The van der Waals surface area contributed by atoms with E-state index in [4.69, 9.17) is 0 Å². The SMILES string of the molecule is C[Si](C)(C)C1[Si](C)(C)C([Si](C)(C)C)[Si]1(C)C. The Morgan fingerprint density at radius 2 is 0.750 bits per heavy atom. The molecule has 0 radical (unpaired) electrons. The van der Waals surface area contributed by atoms with Gasteiger partial charge in [-0.2, -0.15) is 0 Å². The van der Waals surface area contributed by atoms with Gasteiger partial charge >= 0.3 is 0 Å². The minimum absolute atomic E-state index is 0.920. The quantitative estimate of drug-likeness (QED) is 0.628. The van der Waals surface area contributed by atoms with E-state index in [0.717, 1.165) is 0 Å². The van der Waals surface area contributed by atoms with Gasteiger partial charge in [0.1, 0.15) is 0 Å². The lowest BCUT2D eigenvalue weighted by Gasteiger charge is -2.70. The van der Waals surface area contributed by atoms with Gasteiger partial charge in [-0.3, -0.25) is 0 Å². The summed E-state index contributed by atoms with van der Waals surface area (Å²) in [6, 6.07) is 0. The molecule has 1 aliphatic heterocycles.